The molecule has 0 saturated carbocycles. The molecule has 2 atom stereocenters. The van der Waals surface area contributed by atoms with Gasteiger partial charge in [0.2, 0.25) is 0 Å². The predicted molar refractivity (Wildman–Crippen MR) is 61.9 cm³/mol. The molecule has 2 unspecified atom stereocenters. The highest BCUT2D eigenvalue weighted by Gasteiger charge is 2.24. The first kappa shape index (κ1) is 11.3. The van der Waals surface area contributed by atoms with E-state index in [1.54, 1.807) is 0 Å². The third-order valence-corrected chi connectivity index (χ3v) is 2.68. The Bertz CT molecular complexity index is 315. The average molecular weight is 188 g/mol. The molecule has 0 heterocycles. The fourth-order valence-corrected chi connectivity index (χ4v) is 1.68. The first-order valence-corrected chi connectivity index (χ1v) is 4.86. The molecule has 2 nitrogen and oxygen atoms in total. The maximum atomic E-state index is 5.95. The minimum Gasteiger partial charge on any atom is -0.323 e. The van der Waals surface area contributed by atoms with E-state index in [0.717, 1.165) is 23.1 Å². The fraction of sp³-hybridized carbons (Fsp3) is 0.455. The van der Waals surface area contributed by atoms with Crippen LogP contribution in [0.1, 0.15) is 20.3 Å². The highest BCUT2D eigenvalue weighted by Crippen LogP contribution is 2.26. The molecule has 74 valence electrons. The molecule has 1 rings (SSSR count). The second-order valence-electron chi connectivity index (χ2n) is 3.77. The van der Waals surface area contributed by atoms with Crippen molar-refractivity contribution >= 4 is 7.85 Å². The van der Waals surface area contributed by atoms with Gasteiger partial charge in [-0.05, 0) is 18.9 Å². The molecular formula is C11H17BN2. The quantitative estimate of drug-likeness (QED) is 0.635. The van der Waals surface area contributed by atoms with Gasteiger partial charge in [0, 0.05) is 12.1 Å². The van der Waals surface area contributed by atoms with Gasteiger partial charge in [-0.1, -0.05) is 36.2 Å². The Morgan fingerprint density at radius 1 is 1.50 bits per heavy atom. The van der Waals surface area contributed by atoms with Crippen molar-refractivity contribution < 1.29 is 0 Å². The summed E-state index contributed by atoms with van der Waals surface area (Å²) in [6, 6.07) is -0.426. The Hall–Kier alpha value is -0.795. The average Bonchev–Trinajstić information content (AvgIpc) is 2.14. The van der Waals surface area contributed by atoms with Crippen LogP contribution in [0.25, 0.3) is 0 Å². The number of allylic oxidation sites excluding steroid dienone is 3. The number of hydrogen-bond acceptors (Lipinski definition) is 2. The lowest BCUT2D eigenvalue weighted by Crippen LogP contribution is -2.46. The van der Waals surface area contributed by atoms with E-state index in [1.165, 1.54) is 0 Å². The van der Waals surface area contributed by atoms with Crippen molar-refractivity contribution in [3.8, 4) is 0 Å². The van der Waals surface area contributed by atoms with Crippen LogP contribution in [-0.4, -0.2) is 19.9 Å². The maximum Gasteiger partial charge on any atom is 0.110 e. The van der Waals surface area contributed by atoms with Crippen LogP contribution >= 0.6 is 0 Å². The van der Waals surface area contributed by atoms with Crippen LogP contribution in [0, 0.1) is 0 Å². The van der Waals surface area contributed by atoms with Crippen molar-refractivity contribution in [2.45, 2.75) is 32.4 Å². The normalized spacial score (nSPS) is 27.6. The molecule has 14 heavy (non-hydrogen) atoms. The van der Waals surface area contributed by atoms with Crippen LogP contribution in [0.2, 0.25) is 0 Å². The summed E-state index contributed by atoms with van der Waals surface area (Å²) >= 11 is 0. The Morgan fingerprint density at radius 3 is 2.50 bits per heavy atom. The molecule has 0 saturated heterocycles. The van der Waals surface area contributed by atoms with Crippen molar-refractivity contribution in [1.29, 1.82) is 0 Å². The lowest BCUT2D eigenvalue weighted by atomic mass is 9.73. The van der Waals surface area contributed by atoms with E-state index >= 15 is 0 Å². The van der Waals surface area contributed by atoms with Gasteiger partial charge in [-0.3, -0.25) is 0 Å². The fourth-order valence-electron chi connectivity index (χ4n) is 1.68. The van der Waals surface area contributed by atoms with E-state index in [2.05, 4.69) is 13.5 Å². The van der Waals surface area contributed by atoms with Crippen LogP contribution in [0.4, 0.5) is 0 Å². The predicted octanol–water partition coefficient (Wildman–Crippen LogP) is 0.990. The van der Waals surface area contributed by atoms with Crippen molar-refractivity contribution in [1.82, 2.24) is 0 Å². The van der Waals surface area contributed by atoms with Crippen molar-refractivity contribution in [2.75, 3.05) is 0 Å². The van der Waals surface area contributed by atoms with Gasteiger partial charge in [0.05, 0.1) is 0 Å². The van der Waals surface area contributed by atoms with Crippen LogP contribution in [0.3, 0.4) is 0 Å². The largest absolute Gasteiger partial charge is 0.323 e. The van der Waals surface area contributed by atoms with Gasteiger partial charge in [-0.25, -0.2) is 0 Å². The summed E-state index contributed by atoms with van der Waals surface area (Å²) in [5, 5.41) is 0. The second kappa shape index (κ2) is 4.15. The molecule has 0 aromatic rings. The molecule has 0 spiro atoms. The standard InChI is InChI=1S/C11H17BN2/c1-4-7-5-8(6(2)3)9(12)11(14)10(7)13/h5,10-11H,2,4,13-14H2,1,3H3. The van der Waals surface area contributed by atoms with Gasteiger partial charge in [0.15, 0.2) is 0 Å². The van der Waals surface area contributed by atoms with Crippen LogP contribution in [0.5, 0.6) is 0 Å². The van der Waals surface area contributed by atoms with E-state index in [9.17, 15) is 0 Å². The zero-order valence-electron chi connectivity index (χ0n) is 8.88. The smallest absolute Gasteiger partial charge is 0.110 e. The number of rotatable bonds is 2. The summed E-state index contributed by atoms with van der Waals surface area (Å²) in [6.45, 7) is 7.87. The lowest BCUT2D eigenvalue weighted by Gasteiger charge is -2.30. The van der Waals surface area contributed by atoms with E-state index in [4.69, 9.17) is 19.3 Å². The molecule has 0 amide bonds. The molecule has 4 N–H and O–H groups in total. The summed E-state index contributed by atoms with van der Waals surface area (Å²) in [6.07, 6.45) is 2.92. The lowest BCUT2D eigenvalue weighted by molar-refractivity contribution is 0.634. The summed E-state index contributed by atoms with van der Waals surface area (Å²) < 4.78 is 0. The third kappa shape index (κ3) is 1.84. The van der Waals surface area contributed by atoms with Gasteiger partial charge in [0.25, 0.3) is 0 Å². The molecule has 1 aliphatic rings. The minimum absolute atomic E-state index is 0.150. The van der Waals surface area contributed by atoms with Crippen LogP contribution in [-0.2, 0) is 0 Å². The Balaban J connectivity index is 3.16. The molecule has 0 bridgehead atoms. The summed E-state index contributed by atoms with van der Waals surface area (Å²) in [5.41, 5.74) is 15.6. The van der Waals surface area contributed by atoms with Crippen LogP contribution < -0.4 is 11.5 Å². The SMILES string of the molecule is [B]C1=C(C(=C)C)C=C(CC)C(N)C1N. The van der Waals surface area contributed by atoms with E-state index < -0.39 is 0 Å². The van der Waals surface area contributed by atoms with Crippen LogP contribution in [0.15, 0.2) is 34.8 Å². The molecule has 2 radical (unpaired) electrons. The van der Waals surface area contributed by atoms with Crippen molar-refractivity contribution in [3.05, 3.63) is 34.8 Å². The summed E-state index contributed by atoms with van der Waals surface area (Å²) in [5.74, 6) is 0. The molecule has 0 aliphatic heterocycles. The van der Waals surface area contributed by atoms with Gasteiger partial charge >= 0.3 is 0 Å². The number of hydrogen-bond donors (Lipinski definition) is 2. The van der Waals surface area contributed by atoms with E-state index in [-0.39, 0.29) is 12.1 Å². The molecule has 0 fully saturated rings. The monoisotopic (exact) mass is 188 g/mol. The first-order chi connectivity index (χ1) is 6.49. The number of nitrogens with two attached hydrogens (primary N) is 2. The van der Waals surface area contributed by atoms with E-state index in [0.29, 0.717) is 5.47 Å². The van der Waals surface area contributed by atoms with E-state index in [1.807, 2.05) is 13.0 Å². The molecule has 3 heteroatoms. The maximum absolute atomic E-state index is 5.95. The molecule has 0 aromatic heterocycles. The highest BCUT2D eigenvalue weighted by molar-refractivity contribution is 6.23. The van der Waals surface area contributed by atoms with Gasteiger partial charge in [-0.15, -0.1) is 0 Å². The zero-order chi connectivity index (χ0) is 10.9. The third-order valence-electron chi connectivity index (χ3n) is 2.68. The molecule has 0 aromatic carbocycles. The van der Waals surface area contributed by atoms with Gasteiger partial charge < -0.3 is 11.5 Å². The topological polar surface area (TPSA) is 52.0 Å². The van der Waals surface area contributed by atoms with Gasteiger partial charge in [-0.2, -0.15) is 0 Å². The van der Waals surface area contributed by atoms with Gasteiger partial charge in [0.1, 0.15) is 7.85 Å². The molecule has 1 aliphatic carbocycles. The van der Waals surface area contributed by atoms with Crippen molar-refractivity contribution in [3.63, 3.8) is 0 Å². The summed E-state index contributed by atoms with van der Waals surface area (Å²) in [7, 11) is 5.90. The van der Waals surface area contributed by atoms with Crippen molar-refractivity contribution in [2.24, 2.45) is 11.5 Å². The molecular weight excluding hydrogens is 171 g/mol. The summed E-state index contributed by atoms with van der Waals surface area (Å²) in [4.78, 5) is 0. The Kier molecular flexibility index (Phi) is 3.35. The Labute approximate surface area is 87.1 Å². The zero-order valence-corrected chi connectivity index (χ0v) is 8.88. The highest BCUT2D eigenvalue weighted by atomic mass is 14.8. The minimum atomic E-state index is -0.276. The second-order valence-corrected chi connectivity index (χ2v) is 3.77. The Morgan fingerprint density at radius 2 is 2.07 bits per heavy atom. The first-order valence-electron chi connectivity index (χ1n) is 4.86.